The summed E-state index contributed by atoms with van der Waals surface area (Å²) in [5.74, 6) is 0.352. The number of ether oxygens (including phenoxy) is 1. The van der Waals surface area contributed by atoms with Crippen molar-refractivity contribution in [2.75, 3.05) is 31.7 Å². The van der Waals surface area contributed by atoms with Gasteiger partial charge in [0.1, 0.15) is 12.4 Å². The van der Waals surface area contributed by atoms with Gasteiger partial charge < -0.3 is 14.7 Å². The zero-order chi connectivity index (χ0) is 13.9. The average molecular weight is 268 g/mol. The Kier molecular flexibility index (Phi) is 3.91. The molecular formula is C11H16N4O4. The Morgan fingerprint density at radius 1 is 1.47 bits per heavy atom. The maximum Gasteiger partial charge on any atom is 0.305 e. The van der Waals surface area contributed by atoms with Gasteiger partial charge in [0.2, 0.25) is 5.95 Å². The van der Waals surface area contributed by atoms with Gasteiger partial charge in [-0.05, 0) is 0 Å². The number of nitro groups is 1. The van der Waals surface area contributed by atoms with Crippen LogP contribution in [0.2, 0.25) is 0 Å². The molecule has 1 aliphatic rings. The van der Waals surface area contributed by atoms with E-state index in [0.717, 1.165) is 12.4 Å². The third kappa shape index (κ3) is 3.36. The fraction of sp³-hybridized carbons (Fsp3) is 0.636. The summed E-state index contributed by atoms with van der Waals surface area (Å²) in [6, 6.07) is 0. The number of anilines is 1. The molecule has 1 N–H and O–H groups in total. The monoisotopic (exact) mass is 268 g/mol. The molecule has 0 amide bonds. The molecule has 0 saturated carbocycles. The van der Waals surface area contributed by atoms with Gasteiger partial charge in [0, 0.05) is 39.6 Å². The molecule has 1 aromatic rings. The van der Waals surface area contributed by atoms with Gasteiger partial charge in [-0.15, -0.1) is 0 Å². The number of rotatable bonds is 4. The second-order valence-corrected chi connectivity index (χ2v) is 4.69. The molecule has 0 radical (unpaired) electrons. The highest BCUT2D eigenvalue weighted by Gasteiger charge is 2.31. The van der Waals surface area contributed by atoms with E-state index >= 15 is 0 Å². The molecule has 8 heteroatoms. The first-order valence-corrected chi connectivity index (χ1v) is 5.98. The predicted molar refractivity (Wildman–Crippen MR) is 67.0 cm³/mol. The van der Waals surface area contributed by atoms with E-state index in [1.165, 1.54) is 0 Å². The molecule has 2 rings (SSSR count). The van der Waals surface area contributed by atoms with Crippen molar-refractivity contribution in [3.8, 4) is 0 Å². The van der Waals surface area contributed by atoms with E-state index < -0.39 is 10.5 Å². The molecule has 1 fully saturated rings. The van der Waals surface area contributed by atoms with E-state index in [4.69, 9.17) is 4.74 Å². The second kappa shape index (κ2) is 5.45. The first-order valence-electron chi connectivity index (χ1n) is 5.98. The third-order valence-electron chi connectivity index (χ3n) is 3.13. The van der Waals surface area contributed by atoms with Crippen LogP contribution >= 0.6 is 0 Å². The highest BCUT2D eigenvalue weighted by molar-refractivity contribution is 5.33. The Morgan fingerprint density at radius 3 is 2.58 bits per heavy atom. The molecule has 0 unspecified atom stereocenters. The number of aliphatic hydroxyl groups is 1. The summed E-state index contributed by atoms with van der Waals surface area (Å²) in [4.78, 5) is 19.5. The summed E-state index contributed by atoms with van der Waals surface area (Å²) in [5, 5.41) is 20.9. The largest absolute Gasteiger partial charge is 0.388 e. The molecule has 1 aliphatic heterocycles. The summed E-state index contributed by atoms with van der Waals surface area (Å²) in [6.45, 7) is 1.44. The van der Waals surface area contributed by atoms with Gasteiger partial charge in [0.05, 0.1) is 10.5 Å². The summed E-state index contributed by atoms with van der Waals surface area (Å²) in [6.07, 6.45) is 3.44. The SMILES string of the molecule is CN(CC1(O)CCOCC1)c1ncc([N+](=O)[O-])cn1. The van der Waals surface area contributed by atoms with Gasteiger partial charge in [-0.1, -0.05) is 0 Å². The van der Waals surface area contributed by atoms with Crippen molar-refractivity contribution in [3.05, 3.63) is 22.5 Å². The zero-order valence-corrected chi connectivity index (χ0v) is 10.7. The van der Waals surface area contributed by atoms with Crippen LogP contribution in [0.25, 0.3) is 0 Å². The molecule has 1 aromatic heterocycles. The molecule has 8 nitrogen and oxygen atoms in total. The molecule has 0 aliphatic carbocycles. The van der Waals surface area contributed by atoms with Gasteiger partial charge in [-0.25, -0.2) is 9.97 Å². The van der Waals surface area contributed by atoms with E-state index in [0.29, 0.717) is 38.5 Å². The van der Waals surface area contributed by atoms with Crippen LogP contribution in [-0.4, -0.2) is 52.4 Å². The fourth-order valence-electron chi connectivity index (χ4n) is 2.03. The van der Waals surface area contributed by atoms with Gasteiger partial charge in [-0.2, -0.15) is 0 Å². The highest BCUT2D eigenvalue weighted by atomic mass is 16.6. The molecule has 19 heavy (non-hydrogen) atoms. The zero-order valence-electron chi connectivity index (χ0n) is 10.7. The Hall–Kier alpha value is -1.80. The average Bonchev–Trinajstić information content (AvgIpc) is 2.39. The quantitative estimate of drug-likeness (QED) is 0.621. The number of hydrogen-bond acceptors (Lipinski definition) is 7. The highest BCUT2D eigenvalue weighted by Crippen LogP contribution is 2.22. The number of aromatic nitrogens is 2. The van der Waals surface area contributed by atoms with Gasteiger partial charge in [0.25, 0.3) is 0 Å². The summed E-state index contributed by atoms with van der Waals surface area (Å²) < 4.78 is 5.21. The normalized spacial score (nSPS) is 18.0. The minimum absolute atomic E-state index is 0.151. The third-order valence-corrected chi connectivity index (χ3v) is 3.13. The van der Waals surface area contributed by atoms with Gasteiger partial charge >= 0.3 is 5.69 Å². The van der Waals surface area contributed by atoms with Crippen LogP contribution in [0.15, 0.2) is 12.4 Å². The van der Waals surface area contributed by atoms with Crippen LogP contribution < -0.4 is 4.90 Å². The van der Waals surface area contributed by atoms with E-state index in [9.17, 15) is 15.2 Å². The minimum Gasteiger partial charge on any atom is -0.388 e. The van der Waals surface area contributed by atoms with E-state index in [1.54, 1.807) is 11.9 Å². The number of hydrogen-bond donors (Lipinski definition) is 1. The Labute approximate surface area is 110 Å². The topological polar surface area (TPSA) is 102 Å². The Morgan fingerprint density at radius 2 is 2.05 bits per heavy atom. The molecule has 0 bridgehead atoms. The molecule has 0 spiro atoms. The van der Waals surface area contributed by atoms with Crippen molar-refractivity contribution >= 4 is 11.6 Å². The van der Waals surface area contributed by atoms with E-state index in [1.807, 2.05) is 0 Å². The smallest absolute Gasteiger partial charge is 0.305 e. The summed E-state index contributed by atoms with van der Waals surface area (Å²) in [5.41, 5.74) is -0.972. The fourth-order valence-corrected chi connectivity index (χ4v) is 2.03. The van der Waals surface area contributed by atoms with Crippen molar-refractivity contribution in [2.24, 2.45) is 0 Å². The van der Waals surface area contributed by atoms with Crippen LogP contribution in [0.5, 0.6) is 0 Å². The minimum atomic E-state index is -0.821. The molecule has 104 valence electrons. The Bertz CT molecular complexity index is 445. The van der Waals surface area contributed by atoms with E-state index in [-0.39, 0.29) is 5.69 Å². The lowest BCUT2D eigenvalue weighted by Gasteiger charge is -2.35. The molecular weight excluding hydrogens is 252 g/mol. The first kappa shape index (κ1) is 13.6. The summed E-state index contributed by atoms with van der Waals surface area (Å²) in [7, 11) is 1.74. The van der Waals surface area contributed by atoms with Crippen LogP contribution in [0.1, 0.15) is 12.8 Å². The van der Waals surface area contributed by atoms with Crippen molar-refractivity contribution in [1.82, 2.24) is 9.97 Å². The van der Waals surface area contributed by atoms with Crippen LogP contribution in [0.3, 0.4) is 0 Å². The van der Waals surface area contributed by atoms with Crippen LogP contribution in [0, 0.1) is 10.1 Å². The Balaban J connectivity index is 2.02. The second-order valence-electron chi connectivity index (χ2n) is 4.69. The predicted octanol–water partition coefficient (Wildman–Crippen LogP) is 0.362. The van der Waals surface area contributed by atoms with E-state index in [2.05, 4.69) is 9.97 Å². The lowest BCUT2D eigenvalue weighted by Crippen LogP contribution is -2.46. The lowest BCUT2D eigenvalue weighted by atomic mass is 9.94. The molecule has 0 atom stereocenters. The lowest BCUT2D eigenvalue weighted by molar-refractivity contribution is -0.385. The standard InChI is InChI=1S/C11H16N4O4/c1-14(8-11(16)2-4-19-5-3-11)10-12-6-9(7-13-10)15(17)18/h6-7,16H,2-5,8H2,1H3. The summed E-state index contributed by atoms with van der Waals surface area (Å²) >= 11 is 0. The van der Waals surface area contributed by atoms with Gasteiger partial charge in [0.15, 0.2) is 0 Å². The molecule has 0 aromatic carbocycles. The molecule has 1 saturated heterocycles. The van der Waals surface area contributed by atoms with Crippen molar-refractivity contribution in [1.29, 1.82) is 0 Å². The van der Waals surface area contributed by atoms with Crippen molar-refractivity contribution in [3.63, 3.8) is 0 Å². The number of likely N-dealkylation sites (N-methyl/N-ethyl adjacent to an activating group) is 1. The number of nitrogens with zero attached hydrogens (tertiary/aromatic N) is 4. The maximum atomic E-state index is 10.5. The van der Waals surface area contributed by atoms with Crippen molar-refractivity contribution < 1.29 is 14.8 Å². The maximum absolute atomic E-state index is 10.5. The molecule has 2 heterocycles. The van der Waals surface area contributed by atoms with Crippen LogP contribution in [-0.2, 0) is 4.74 Å². The van der Waals surface area contributed by atoms with Crippen LogP contribution in [0.4, 0.5) is 11.6 Å². The first-order chi connectivity index (χ1) is 9.00. The van der Waals surface area contributed by atoms with Crippen molar-refractivity contribution in [2.45, 2.75) is 18.4 Å². The van der Waals surface area contributed by atoms with Gasteiger partial charge in [-0.3, -0.25) is 10.1 Å².